The first kappa shape index (κ1) is 17.9. The molecule has 0 bridgehead atoms. The monoisotopic (exact) mass is 343 g/mol. The van der Waals surface area contributed by atoms with Crippen molar-refractivity contribution in [1.82, 2.24) is 10.2 Å². The maximum atomic E-state index is 12.2. The molecule has 5 heteroatoms. The van der Waals surface area contributed by atoms with E-state index >= 15 is 0 Å². The number of nitrogens with one attached hydrogen (secondary N) is 1. The van der Waals surface area contributed by atoms with E-state index in [2.05, 4.69) is 34.5 Å². The number of benzene rings is 1. The molecular weight excluding hydrogens is 314 g/mol. The van der Waals surface area contributed by atoms with E-state index in [1.165, 1.54) is 11.1 Å². The minimum absolute atomic E-state index is 0.00854. The molecule has 0 aromatic heterocycles. The lowest BCUT2D eigenvalue weighted by molar-refractivity contribution is -0.123. The van der Waals surface area contributed by atoms with Crippen molar-refractivity contribution in [3.8, 4) is 0 Å². The van der Waals surface area contributed by atoms with Crippen LogP contribution >= 0.6 is 0 Å². The van der Waals surface area contributed by atoms with E-state index in [1.54, 1.807) is 0 Å². The molecule has 25 heavy (non-hydrogen) atoms. The zero-order valence-corrected chi connectivity index (χ0v) is 14.9. The Balaban J connectivity index is 1.34. The first-order chi connectivity index (χ1) is 12.1. The number of fused-ring (bicyclic) bond motifs is 1. The second kappa shape index (κ2) is 8.48. The second-order valence-corrected chi connectivity index (χ2v) is 7.38. The molecule has 1 aromatic carbocycles. The first-order valence-corrected chi connectivity index (χ1v) is 9.49. The van der Waals surface area contributed by atoms with Gasteiger partial charge in [0.2, 0.25) is 11.8 Å². The highest BCUT2D eigenvalue weighted by molar-refractivity contribution is 5.77. The van der Waals surface area contributed by atoms with Gasteiger partial charge >= 0.3 is 0 Å². The predicted octanol–water partition coefficient (Wildman–Crippen LogP) is 1.81. The fourth-order valence-electron chi connectivity index (χ4n) is 4.17. The summed E-state index contributed by atoms with van der Waals surface area (Å²) in [7, 11) is 0. The lowest BCUT2D eigenvalue weighted by Gasteiger charge is -2.31. The number of hydrogen-bond acceptors (Lipinski definition) is 3. The Bertz CT molecular complexity index is 617. The highest BCUT2D eigenvalue weighted by Crippen LogP contribution is 2.34. The fraction of sp³-hybridized carbons (Fsp3) is 0.600. The van der Waals surface area contributed by atoms with E-state index in [4.69, 9.17) is 5.73 Å². The smallest absolute Gasteiger partial charge is 0.221 e. The van der Waals surface area contributed by atoms with Crippen LogP contribution in [0.25, 0.3) is 0 Å². The topological polar surface area (TPSA) is 75.4 Å². The van der Waals surface area contributed by atoms with E-state index in [9.17, 15) is 9.59 Å². The molecule has 5 nitrogen and oxygen atoms in total. The summed E-state index contributed by atoms with van der Waals surface area (Å²) in [6.07, 6.45) is 5.61. The highest BCUT2D eigenvalue weighted by Gasteiger charge is 2.25. The minimum atomic E-state index is -0.185. The number of primary amides is 1. The van der Waals surface area contributed by atoms with Crippen LogP contribution in [0.15, 0.2) is 24.3 Å². The van der Waals surface area contributed by atoms with E-state index in [1.807, 2.05) is 0 Å². The summed E-state index contributed by atoms with van der Waals surface area (Å²) in [6, 6.07) is 8.47. The number of piperidine rings is 1. The number of aryl methyl sites for hydroxylation is 1. The molecule has 136 valence electrons. The van der Waals surface area contributed by atoms with E-state index in [0.29, 0.717) is 18.9 Å². The van der Waals surface area contributed by atoms with E-state index in [-0.39, 0.29) is 17.7 Å². The van der Waals surface area contributed by atoms with Crippen LogP contribution < -0.4 is 11.1 Å². The zero-order valence-electron chi connectivity index (χ0n) is 14.9. The maximum absolute atomic E-state index is 12.2. The Hall–Kier alpha value is -1.88. The highest BCUT2D eigenvalue weighted by atomic mass is 16.2. The summed E-state index contributed by atoms with van der Waals surface area (Å²) in [4.78, 5) is 25.8. The Morgan fingerprint density at radius 2 is 2.08 bits per heavy atom. The summed E-state index contributed by atoms with van der Waals surface area (Å²) in [5, 5.41) is 3.06. The van der Waals surface area contributed by atoms with Crippen molar-refractivity contribution in [2.75, 3.05) is 26.2 Å². The first-order valence-electron chi connectivity index (χ1n) is 9.49. The third-order valence-corrected chi connectivity index (χ3v) is 5.57. The van der Waals surface area contributed by atoms with Crippen LogP contribution in [0.2, 0.25) is 0 Å². The van der Waals surface area contributed by atoms with Crippen molar-refractivity contribution < 1.29 is 9.59 Å². The predicted molar refractivity (Wildman–Crippen MR) is 98.1 cm³/mol. The Morgan fingerprint density at radius 1 is 1.24 bits per heavy atom. The average Bonchev–Trinajstić information content (AvgIpc) is 3.02. The number of hydrogen-bond donors (Lipinski definition) is 2. The van der Waals surface area contributed by atoms with Crippen molar-refractivity contribution in [3.63, 3.8) is 0 Å². The van der Waals surface area contributed by atoms with Crippen LogP contribution in [0, 0.1) is 5.92 Å². The molecule has 1 aliphatic carbocycles. The molecule has 2 amide bonds. The van der Waals surface area contributed by atoms with Gasteiger partial charge in [0, 0.05) is 19.5 Å². The standard InChI is InChI=1S/C20H29N3O2/c21-20(25)17-6-3-11-23(14-17)12-4-10-22-19(24)13-16-9-8-15-5-1-2-7-18(15)16/h1-2,5,7,16-17H,3-4,6,8-14H2,(H2,21,25)(H,22,24)/t16-,17+/m0/s1. The summed E-state index contributed by atoms with van der Waals surface area (Å²) >= 11 is 0. The number of carbonyl (C=O) groups is 2. The van der Waals surface area contributed by atoms with Crippen LogP contribution in [0.5, 0.6) is 0 Å². The Morgan fingerprint density at radius 3 is 2.92 bits per heavy atom. The molecule has 0 spiro atoms. The van der Waals surface area contributed by atoms with Gasteiger partial charge in [-0.25, -0.2) is 0 Å². The molecule has 1 saturated heterocycles. The van der Waals surface area contributed by atoms with Gasteiger partial charge in [0.25, 0.3) is 0 Å². The lowest BCUT2D eigenvalue weighted by atomic mass is 9.97. The van der Waals surface area contributed by atoms with Gasteiger partial charge in [0.1, 0.15) is 0 Å². The summed E-state index contributed by atoms with van der Waals surface area (Å²) in [5.41, 5.74) is 8.16. The van der Waals surface area contributed by atoms with Crippen molar-refractivity contribution in [2.24, 2.45) is 11.7 Å². The van der Waals surface area contributed by atoms with Gasteiger partial charge in [-0.05, 0) is 62.2 Å². The number of rotatable bonds is 7. The largest absolute Gasteiger partial charge is 0.369 e. The molecule has 1 fully saturated rings. The molecule has 3 N–H and O–H groups in total. The van der Waals surface area contributed by atoms with E-state index < -0.39 is 0 Å². The summed E-state index contributed by atoms with van der Waals surface area (Å²) in [6.45, 7) is 3.40. The van der Waals surface area contributed by atoms with Gasteiger partial charge in [0.05, 0.1) is 5.92 Å². The van der Waals surface area contributed by atoms with Crippen molar-refractivity contribution in [3.05, 3.63) is 35.4 Å². The second-order valence-electron chi connectivity index (χ2n) is 7.38. The molecule has 0 radical (unpaired) electrons. The fourth-order valence-corrected chi connectivity index (χ4v) is 4.17. The van der Waals surface area contributed by atoms with Gasteiger partial charge in [-0.15, -0.1) is 0 Å². The molecule has 1 aliphatic heterocycles. The van der Waals surface area contributed by atoms with Gasteiger partial charge in [-0.1, -0.05) is 24.3 Å². The van der Waals surface area contributed by atoms with Crippen molar-refractivity contribution in [1.29, 1.82) is 0 Å². The van der Waals surface area contributed by atoms with Crippen LogP contribution in [0.4, 0.5) is 0 Å². The Kier molecular flexibility index (Phi) is 6.08. The molecular formula is C20H29N3O2. The summed E-state index contributed by atoms with van der Waals surface area (Å²) in [5.74, 6) is 0.325. The van der Waals surface area contributed by atoms with Gasteiger partial charge in [-0.2, -0.15) is 0 Å². The summed E-state index contributed by atoms with van der Waals surface area (Å²) < 4.78 is 0. The quantitative estimate of drug-likeness (QED) is 0.742. The molecule has 1 heterocycles. The third-order valence-electron chi connectivity index (χ3n) is 5.57. The SMILES string of the molecule is NC(=O)[C@@H]1CCCN(CCCNC(=O)C[C@@H]2CCc3ccccc32)C1. The Labute approximate surface area is 150 Å². The van der Waals surface area contributed by atoms with Crippen molar-refractivity contribution >= 4 is 11.8 Å². The molecule has 0 unspecified atom stereocenters. The molecule has 2 atom stereocenters. The van der Waals surface area contributed by atoms with Crippen molar-refractivity contribution in [2.45, 2.75) is 44.4 Å². The third kappa shape index (κ3) is 4.82. The minimum Gasteiger partial charge on any atom is -0.369 e. The molecule has 0 saturated carbocycles. The zero-order chi connectivity index (χ0) is 17.6. The lowest BCUT2D eigenvalue weighted by Crippen LogP contribution is -2.42. The number of carbonyl (C=O) groups excluding carboxylic acids is 2. The van der Waals surface area contributed by atoms with Crippen LogP contribution in [0.1, 0.15) is 49.1 Å². The van der Waals surface area contributed by atoms with Crippen LogP contribution in [0.3, 0.4) is 0 Å². The van der Waals surface area contributed by atoms with E-state index in [0.717, 1.165) is 51.7 Å². The maximum Gasteiger partial charge on any atom is 0.221 e. The molecule has 1 aromatic rings. The number of likely N-dealkylation sites (tertiary alicyclic amines) is 1. The molecule has 2 aliphatic rings. The van der Waals surface area contributed by atoms with Gasteiger partial charge in [-0.3, -0.25) is 9.59 Å². The number of amides is 2. The van der Waals surface area contributed by atoms with Gasteiger partial charge < -0.3 is 16.0 Å². The normalized spacial score (nSPS) is 23.2. The molecule has 3 rings (SSSR count). The van der Waals surface area contributed by atoms with Crippen LogP contribution in [-0.2, 0) is 16.0 Å². The average molecular weight is 343 g/mol. The number of nitrogens with two attached hydrogens (primary N) is 1. The number of nitrogens with zero attached hydrogens (tertiary/aromatic N) is 1. The van der Waals surface area contributed by atoms with Gasteiger partial charge in [0.15, 0.2) is 0 Å². The van der Waals surface area contributed by atoms with Crippen LogP contribution in [-0.4, -0.2) is 42.9 Å².